The van der Waals surface area contributed by atoms with Gasteiger partial charge in [-0.05, 0) is 25.9 Å². The first-order valence-electron chi connectivity index (χ1n) is 6.56. The molecular weight excluding hydrogens is 245 g/mol. The Balaban J connectivity index is 2.36. The van der Waals surface area contributed by atoms with Gasteiger partial charge in [0, 0.05) is 26.2 Å². The van der Waals surface area contributed by atoms with Crippen molar-refractivity contribution in [1.29, 1.82) is 0 Å². The fourth-order valence-corrected chi connectivity index (χ4v) is 2.25. The lowest BCUT2D eigenvalue weighted by atomic mass is 9.91. The number of piperidine rings is 1. The van der Waals surface area contributed by atoms with Crippen LogP contribution in [0.2, 0.25) is 0 Å². The van der Waals surface area contributed by atoms with Gasteiger partial charge >= 0.3 is 6.18 Å². The summed E-state index contributed by atoms with van der Waals surface area (Å²) in [5.74, 6) is 0. The normalized spacial score (nSPS) is 21.5. The third kappa shape index (κ3) is 3.83. The molecule has 0 atom stereocenters. The first kappa shape index (κ1) is 15.7. The van der Waals surface area contributed by atoms with Crippen molar-refractivity contribution in [3.8, 4) is 0 Å². The van der Waals surface area contributed by atoms with Crippen LogP contribution in [0.1, 0.15) is 26.7 Å². The molecule has 0 saturated carbocycles. The molecule has 0 radical (unpaired) electrons. The van der Waals surface area contributed by atoms with Gasteiger partial charge in [-0.1, -0.05) is 13.8 Å². The highest BCUT2D eigenvalue weighted by Gasteiger charge is 2.54. The zero-order chi connectivity index (χ0) is 13.8. The van der Waals surface area contributed by atoms with E-state index in [0.717, 1.165) is 26.2 Å². The second kappa shape index (κ2) is 6.21. The SMILES string of the molecule is CCN(CC)CCN1CCC(O)(C(F)(F)F)CC1. The maximum atomic E-state index is 12.6. The summed E-state index contributed by atoms with van der Waals surface area (Å²) in [6.07, 6.45) is -4.93. The van der Waals surface area contributed by atoms with Crippen molar-refractivity contribution < 1.29 is 18.3 Å². The second-order valence-electron chi connectivity index (χ2n) is 4.90. The monoisotopic (exact) mass is 268 g/mol. The predicted molar refractivity (Wildman–Crippen MR) is 64.5 cm³/mol. The minimum absolute atomic E-state index is 0.214. The van der Waals surface area contributed by atoms with Gasteiger partial charge in [-0.2, -0.15) is 13.2 Å². The lowest BCUT2D eigenvalue weighted by molar-refractivity contribution is -0.272. The van der Waals surface area contributed by atoms with Crippen molar-refractivity contribution in [3.63, 3.8) is 0 Å². The van der Waals surface area contributed by atoms with Crippen LogP contribution >= 0.6 is 0 Å². The summed E-state index contributed by atoms with van der Waals surface area (Å²) < 4.78 is 37.8. The van der Waals surface area contributed by atoms with Crippen molar-refractivity contribution >= 4 is 0 Å². The molecule has 0 amide bonds. The van der Waals surface area contributed by atoms with Crippen LogP contribution in [0.4, 0.5) is 13.2 Å². The van der Waals surface area contributed by atoms with E-state index in [1.165, 1.54) is 0 Å². The molecule has 1 rings (SSSR count). The average molecular weight is 268 g/mol. The molecule has 0 bridgehead atoms. The molecule has 6 heteroatoms. The number of hydrogen-bond donors (Lipinski definition) is 1. The number of aliphatic hydroxyl groups is 1. The third-order valence-electron chi connectivity index (χ3n) is 3.84. The van der Waals surface area contributed by atoms with Crippen LogP contribution in [0.25, 0.3) is 0 Å². The molecule has 18 heavy (non-hydrogen) atoms. The highest BCUT2D eigenvalue weighted by Crippen LogP contribution is 2.38. The maximum absolute atomic E-state index is 12.6. The van der Waals surface area contributed by atoms with Crippen molar-refractivity contribution in [1.82, 2.24) is 9.80 Å². The van der Waals surface area contributed by atoms with E-state index in [9.17, 15) is 18.3 Å². The molecule has 3 nitrogen and oxygen atoms in total. The molecule has 1 aliphatic heterocycles. The fraction of sp³-hybridized carbons (Fsp3) is 1.00. The molecule has 1 saturated heterocycles. The lowest BCUT2D eigenvalue weighted by Crippen LogP contribution is -2.54. The Morgan fingerprint density at radius 1 is 1.17 bits per heavy atom. The van der Waals surface area contributed by atoms with Crippen LogP contribution in [0, 0.1) is 0 Å². The average Bonchev–Trinajstić information content (AvgIpc) is 2.31. The van der Waals surface area contributed by atoms with Crippen LogP contribution in [-0.4, -0.2) is 66.0 Å². The van der Waals surface area contributed by atoms with Crippen LogP contribution in [-0.2, 0) is 0 Å². The molecule has 1 fully saturated rings. The smallest absolute Gasteiger partial charge is 0.380 e. The number of nitrogens with zero attached hydrogens (tertiary/aromatic N) is 2. The molecule has 0 unspecified atom stereocenters. The van der Waals surface area contributed by atoms with Gasteiger partial charge in [-0.3, -0.25) is 0 Å². The summed E-state index contributed by atoms with van der Waals surface area (Å²) in [6, 6.07) is 0. The summed E-state index contributed by atoms with van der Waals surface area (Å²) in [7, 11) is 0. The number of hydrogen-bond acceptors (Lipinski definition) is 3. The summed E-state index contributed by atoms with van der Waals surface area (Å²) in [6.45, 7) is 8.33. The molecule has 108 valence electrons. The van der Waals surface area contributed by atoms with Gasteiger partial charge in [-0.15, -0.1) is 0 Å². The molecule has 1 N–H and O–H groups in total. The second-order valence-corrected chi connectivity index (χ2v) is 4.90. The molecular formula is C12H23F3N2O. The Bertz CT molecular complexity index is 246. The summed E-state index contributed by atoms with van der Waals surface area (Å²) >= 11 is 0. The van der Waals surface area contributed by atoms with Gasteiger partial charge in [0.2, 0.25) is 0 Å². The Hall–Kier alpha value is -0.330. The van der Waals surface area contributed by atoms with Gasteiger partial charge in [0.1, 0.15) is 0 Å². The number of likely N-dealkylation sites (N-methyl/N-ethyl adjacent to an activating group) is 1. The summed E-state index contributed by atoms with van der Waals surface area (Å²) in [5.41, 5.74) is -2.47. The highest BCUT2D eigenvalue weighted by atomic mass is 19.4. The van der Waals surface area contributed by atoms with Crippen molar-refractivity contribution in [3.05, 3.63) is 0 Å². The van der Waals surface area contributed by atoms with Gasteiger partial charge in [0.05, 0.1) is 0 Å². The topological polar surface area (TPSA) is 26.7 Å². The fourth-order valence-electron chi connectivity index (χ4n) is 2.25. The first-order chi connectivity index (χ1) is 8.32. The number of rotatable bonds is 5. The van der Waals surface area contributed by atoms with Crippen molar-refractivity contribution in [2.24, 2.45) is 0 Å². The predicted octanol–water partition coefficient (Wildman–Crippen LogP) is 1.72. The quantitative estimate of drug-likeness (QED) is 0.822. The number of likely N-dealkylation sites (tertiary alicyclic amines) is 1. The first-order valence-corrected chi connectivity index (χ1v) is 6.56. The van der Waals surface area contributed by atoms with E-state index in [1.54, 1.807) is 0 Å². The minimum Gasteiger partial charge on any atom is -0.380 e. The standard InChI is InChI=1S/C12H23F3N2O/c1-3-16(4-2)9-10-17-7-5-11(18,6-8-17)12(13,14)15/h18H,3-10H2,1-2H3. The van der Waals surface area contributed by atoms with E-state index < -0.39 is 11.8 Å². The van der Waals surface area contributed by atoms with Crippen molar-refractivity contribution in [2.75, 3.05) is 39.3 Å². The Morgan fingerprint density at radius 3 is 2.06 bits per heavy atom. The third-order valence-corrected chi connectivity index (χ3v) is 3.84. The molecule has 0 aromatic heterocycles. The van der Waals surface area contributed by atoms with E-state index >= 15 is 0 Å². The Kier molecular flexibility index (Phi) is 5.43. The van der Waals surface area contributed by atoms with Crippen LogP contribution in [0.15, 0.2) is 0 Å². The van der Waals surface area contributed by atoms with Gasteiger partial charge in [-0.25, -0.2) is 0 Å². The maximum Gasteiger partial charge on any atom is 0.417 e. The molecule has 1 heterocycles. The van der Waals surface area contributed by atoms with E-state index in [1.807, 2.05) is 4.90 Å². The molecule has 0 aromatic rings. The number of halogens is 3. The molecule has 0 aromatic carbocycles. The minimum atomic E-state index is -4.50. The number of alkyl halides is 3. The summed E-state index contributed by atoms with van der Waals surface area (Å²) in [5, 5.41) is 9.53. The van der Waals surface area contributed by atoms with Gasteiger partial charge in [0.25, 0.3) is 0 Å². The highest BCUT2D eigenvalue weighted by molar-refractivity contribution is 4.91. The van der Waals surface area contributed by atoms with E-state index in [4.69, 9.17) is 0 Å². The zero-order valence-electron chi connectivity index (χ0n) is 11.1. The van der Waals surface area contributed by atoms with E-state index in [-0.39, 0.29) is 12.8 Å². The van der Waals surface area contributed by atoms with E-state index in [0.29, 0.717) is 13.1 Å². The van der Waals surface area contributed by atoms with Gasteiger partial charge < -0.3 is 14.9 Å². The van der Waals surface area contributed by atoms with Crippen LogP contribution in [0.3, 0.4) is 0 Å². The Morgan fingerprint density at radius 2 is 1.67 bits per heavy atom. The molecule has 0 aliphatic carbocycles. The zero-order valence-corrected chi connectivity index (χ0v) is 11.1. The van der Waals surface area contributed by atoms with E-state index in [2.05, 4.69) is 18.7 Å². The van der Waals surface area contributed by atoms with Crippen LogP contribution in [0.5, 0.6) is 0 Å². The Labute approximate surface area is 107 Å². The summed E-state index contributed by atoms with van der Waals surface area (Å²) in [4.78, 5) is 4.24. The molecule has 0 spiro atoms. The molecule has 1 aliphatic rings. The van der Waals surface area contributed by atoms with Crippen LogP contribution < -0.4 is 0 Å². The largest absolute Gasteiger partial charge is 0.417 e. The van der Waals surface area contributed by atoms with Crippen molar-refractivity contribution in [2.45, 2.75) is 38.5 Å². The van der Waals surface area contributed by atoms with Gasteiger partial charge in [0.15, 0.2) is 5.60 Å². The lowest BCUT2D eigenvalue weighted by Gasteiger charge is -2.39.